The molecule has 2 rings (SSSR count). The molecule has 0 aliphatic heterocycles. The van der Waals surface area contributed by atoms with Gasteiger partial charge in [0.2, 0.25) is 0 Å². The van der Waals surface area contributed by atoms with Gasteiger partial charge in [-0.25, -0.2) is 0 Å². The van der Waals surface area contributed by atoms with Crippen LogP contribution in [0.4, 0.5) is 13.2 Å². The van der Waals surface area contributed by atoms with Crippen LogP contribution in [0, 0.1) is 5.92 Å². The van der Waals surface area contributed by atoms with Gasteiger partial charge < -0.3 is 10.1 Å². The van der Waals surface area contributed by atoms with Crippen LogP contribution >= 0.6 is 0 Å². The summed E-state index contributed by atoms with van der Waals surface area (Å²) in [5.74, 6) is 0.664. The zero-order chi connectivity index (χ0) is 15.3. The number of ether oxygens (including phenoxy) is 1. The minimum atomic E-state index is -4.63. The topological polar surface area (TPSA) is 21.3 Å². The van der Waals surface area contributed by atoms with Crippen LogP contribution in [-0.4, -0.2) is 12.9 Å². The fourth-order valence-electron chi connectivity index (χ4n) is 2.88. The van der Waals surface area contributed by atoms with Crippen LogP contribution < -0.4 is 10.1 Å². The zero-order valence-corrected chi connectivity index (χ0v) is 12.2. The van der Waals surface area contributed by atoms with E-state index in [0.717, 1.165) is 18.0 Å². The lowest BCUT2D eigenvalue weighted by atomic mass is 10.0. The van der Waals surface area contributed by atoms with Gasteiger partial charge in [0, 0.05) is 6.04 Å². The first-order valence-corrected chi connectivity index (χ1v) is 7.53. The van der Waals surface area contributed by atoms with Crippen molar-refractivity contribution in [2.24, 2.45) is 5.92 Å². The van der Waals surface area contributed by atoms with Crippen LogP contribution in [0.3, 0.4) is 0 Å². The second kappa shape index (κ2) is 7.16. The number of hydrogen-bond donors (Lipinski definition) is 1. The lowest BCUT2D eigenvalue weighted by Gasteiger charge is -2.17. The molecule has 1 atom stereocenters. The summed E-state index contributed by atoms with van der Waals surface area (Å²) >= 11 is 0. The van der Waals surface area contributed by atoms with Crippen LogP contribution in [0.25, 0.3) is 0 Å². The van der Waals surface area contributed by atoms with Crippen molar-refractivity contribution in [3.63, 3.8) is 0 Å². The maximum Gasteiger partial charge on any atom is 0.573 e. The molecule has 0 saturated heterocycles. The highest BCUT2D eigenvalue weighted by Gasteiger charge is 2.31. The summed E-state index contributed by atoms with van der Waals surface area (Å²) in [6.07, 6.45) is 1.91. The maximum absolute atomic E-state index is 12.1. The second-order valence-corrected chi connectivity index (χ2v) is 5.73. The summed E-state index contributed by atoms with van der Waals surface area (Å²) in [4.78, 5) is 0. The van der Waals surface area contributed by atoms with Crippen molar-refractivity contribution >= 4 is 0 Å². The molecule has 0 spiro atoms. The summed E-state index contributed by atoms with van der Waals surface area (Å²) in [5, 5.41) is 3.43. The molecule has 5 heteroatoms. The van der Waals surface area contributed by atoms with Gasteiger partial charge in [-0.1, -0.05) is 37.8 Å². The van der Waals surface area contributed by atoms with E-state index in [9.17, 15) is 13.2 Å². The summed E-state index contributed by atoms with van der Waals surface area (Å²) in [6.45, 7) is 2.97. The van der Waals surface area contributed by atoms with E-state index in [1.807, 2.05) is 6.92 Å². The van der Waals surface area contributed by atoms with E-state index in [1.165, 1.54) is 44.2 Å². The molecule has 1 saturated carbocycles. The summed E-state index contributed by atoms with van der Waals surface area (Å²) in [7, 11) is 0. The lowest BCUT2D eigenvalue weighted by Crippen LogP contribution is -2.21. The molecule has 1 unspecified atom stereocenters. The quantitative estimate of drug-likeness (QED) is 0.813. The Morgan fingerprint density at radius 2 is 1.81 bits per heavy atom. The van der Waals surface area contributed by atoms with Crippen molar-refractivity contribution in [1.82, 2.24) is 5.32 Å². The predicted octanol–water partition coefficient (Wildman–Crippen LogP) is 4.82. The highest BCUT2D eigenvalue weighted by Crippen LogP contribution is 2.27. The second-order valence-electron chi connectivity index (χ2n) is 5.73. The third-order valence-corrected chi connectivity index (χ3v) is 4.09. The Morgan fingerprint density at radius 3 is 2.38 bits per heavy atom. The Balaban J connectivity index is 1.77. The number of nitrogens with one attached hydrogen (secondary N) is 1. The molecule has 0 radical (unpaired) electrons. The third kappa shape index (κ3) is 5.58. The summed E-state index contributed by atoms with van der Waals surface area (Å²) in [6, 6.07) is 6.20. The van der Waals surface area contributed by atoms with Crippen molar-refractivity contribution in [3.8, 4) is 5.75 Å². The van der Waals surface area contributed by atoms with Crippen molar-refractivity contribution in [2.45, 2.75) is 51.4 Å². The van der Waals surface area contributed by atoms with Gasteiger partial charge >= 0.3 is 6.36 Å². The number of benzene rings is 1. The normalized spacial score (nSPS) is 17.9. The van der Waals surface area contributed by atoms with Crippen molar-refractivity contribution in [3.05, 3.63) is 29.8 Å². The number of halogens is 3. The fourth-order valence-corrected chi connectivity index (χ4v) is 2.88. The molecule has 2 nitrogen and oxygen atoms in total. The molecule has 21 heavy (non-hydrogen) atoms. The minimum Gasteiger partial charge on any atom is -0.406 e. The lowest BCUT2D eigenvalue weighted by molar-refractivity contribution is -0.274. The van der Waals surface area contributed by atoms with Crippen LogP contribution in [0.1, 0.15) is 50.6 Å². The molecule has 1 fully saturated rings. The molecule has 1 N–H and O–H groups in total. The zero-order valence-electron chi connectivity index (χ0n) is 12.2. The first kappa shape index (κ1) is 16.1. The van der Waals surface area contributed by atoms with Crippen LogP contribution in [-0.2, 0) is 0 Å². The Kier molecular flexibility index (Phi) is 5.51. The Bertz CT molecular complexity index is 424. The van der Waals surface area contributed by atoms with Gasteiger partial charge in [0.15, 0.2) is 0 Å². The SMILES string of the molecule is CC(NCCC1CCCC1)c1ccc(OC(F)(F)F)cc1. The van der Waals surface area contributed by atoms with E-state index < -0.39 is 6.36 Å². The average Bonchev–Trinajstić information content (AvgIpc) is 2.91. The van der Waals surface area contributed by atoms with Crippen molar-refractivity contribution < 1.29 is 17.9 Å². The molecule has 1 aromatic rings. The highest BCUT2D eigenvalue weighted by atomic mass is 19.4. The number of hydrogen-bond acceptors (Lipinski definition) is 2. The van der Waals surface area contributed by atoms with Crippen LogP contribution in [0.2, 0.25) is 0 Å². The predicted molar refractivity (Wildman–Crippen MR) is 76.1 cm³/mol. The smallest absolute Gasteiger partial charge is 0.406 e. The van der Waals surface area contributed by atoms with Crippen molar-refractivity contribution in [1.29, 1.82) is 0 Å². The van der Waals surface area contributed by atoms with Gasteiger partial charge in [-0.05, 0) is 43.5 Å². The van der Waals surface area contributed by atoms with Gasteiger partial charge in [-0.2, -0.15) is 0 Å². The van der Waals surface area contributed by atoms with Gasteiger partial charge in [0.1, 0.15) is 5.75 Å². The number of rotatable bonds is 6. The maximum atomic E-state index is 12.1. The highest BCUT2D eigenvalue weighted by molar-refractivity contribution is 5.29. The fraction of sp³-hybridized carbons (Fsp3) is 0.625. The van der Waals surface area contributed by atoms with Gasteiger partial charge in [-0.3, -0.25) is 0 Å². The van der Waals surface area contributed by atoms with Crippen LogP contribution in [0.5, 0.6) is 5.75 Å². The standard InChI is InChI=1S/C16H22F3NO/c1-12(20-11-10-13-4-2-3-5-13)14-6-8-15(9-7-14)21-16(17,18)19/h6-9,12-13,20H,2-5,10-11H2,1H3. The van der Waals surface area contributed by atoms with Crippen molar-refractivity contribution in [2.75, 3.05) is 6.54 Å². The molecular formula is C16H22F3NO. The van der Waals surface area contributed by atoms with Gasteiger partial charge in [0.25, 0.3) is 0 Å². The molecule has 1 aliphatic carbocycles. The molecule has 1 aromatic carbocycles. The van der Waals surface area contributed by atoms with E-state index in [0.29, 0.717) is 0 Å². The molecule has 1 aliphatic rings. The average molecular weight is 301 g/mol. The van der Waals surface area contributed by atoms with E-state index in [4.69, 9.17) is 0 Å². The molecule has 0 heterocycles. The minimum absolute atomic E-state index is 0.131. The van der Waals surface area contributed by atoms with E-state index in [2.05, 4.69) is 10.1 Å². The van der Waals surface area contributed by atoms with E-state index in [-0.39, 0.29) is 11.8 Å². The third-order valence-electron chi connectivity index (χ3n) is 4.09. The summed E-state index contributed by atoms with van der Waals surface area (Å²) < 4.78 is 40.1. The Hall–Kier alpha value is -1.23. The molecule has 118 valence electrons. The Labute approximate surface area is 123 Å². The first-order chi connectivity index (χ1) is 9.94. The van der Waals surface area contributed by atoms with E-state index >= 15 is 0 Å². The monoisotopic (exact) mass is 301 g/mol. The number of alkyl halides is 3. The first-order valence-electron chi connectivity index (χ1n) is 7.53. The molecular weight excluding hydrogens is 279 g/mol. The van der Waals surface area contributed by atoms with Crippen LogP contribution in [0.15, 0.2) is 24.3 Å². The summed E-state index contributed by atoms with van der Waals surface area (Å²) in [5.41, 5.74) is 0.968. The molecule has 0 aromatic heterocycles. The van der Waals surface area contributed by atoms with Gasteiger partial charge in [0.05, 0.1) is 0 Å². The Morgan fingerprint density at radius 1 is 1.19 bits per heavy atom. The van der Waals surface area contributed by atoms with Gasteiger partial charge in [-0.15, -0.1) is 13.2 Å². The molecule has 0 amide bonds. The molecule has 0 bridgehead atoms. The largest absolute Gasteiger partial charge is 0.573 e. The van der Waals surface area contributed by atoms with E-state index in [1.54, 1.807) is 12.1 Å².